The Balaban J connectivity index is 3.16. The average molecular weight is 229 g/mol. The van der Waals surface area contributed by atoms with Crippen molar-refractivity contribution >= 4 is 15.5 Å². The number of rotatable bonds is 4. The minimum atomic E-state index is -3.25. The lowest BCUT2D eigenvalue weighted by Gasteiger charge is -2.07. The molecule has 0 spiro atoms. The highest BCUT2D eigenvalue weighted by Crippen LogP contribution is 2.24. The summed E-state index contributed by atoms with van der Waals surface area (Å²) in [4.78, 5) is 0.185. The molecule has 84 valence electrons. The molecule has 0 unspecified atom stereocenters. The summed E-state index contributed by atoms with van der Waals surface area (Å²) in [5.41, 5.74) is 5.89. The van der Waals surface area contributed by atoms with Crippen molar-refractivity contribution in [2.24, 2.45) is 0 Å². The van der Waals surface area contributed by atoms with Gasteiger partial charge in [-0.25, -0.2) is 8.42 Å². The smallest absolute Gasteiger partial charge is 0.180 e. The number of sulfone groups is 1. The summed E-state index contributed by atoms with van der Waals surface area (Å²) < 4.78 is 28.4. The third-order valence-electron chi connectivity index (χ3n) is 2.02. The van der Waals surface area contributed by atoms with Crippen molar-refractivity contribution in [3.8, 4) is 5.75 Å². The van der Waals surface area contributed by atoms with Crippen molar-refractivity contribution in [3.63, 3.8) is 0 Å². The first kappa shape index (κ1) is 11.8. The van der Waals surface area contributed by atoms with Crippen molar-refractivity contribution in [1.82, 2.24) is 0 Å². The number of nitrogens with two attached hydrogens (primary N) is 1. The van der Waals surface area contributed by atoms with E-state index >= 15 is 0 Å². The second-order valence-corrected chi connectivity index (χ2v) is 5.30. The molecule has 1 aromatic rings. The lowest BCUT2D eigenvalue weighted by molar-refractivity contribution is 0.414. The Labute approximate surface area is 90.0 Å². The van der Waals surface area contributed by atoms with Crippen LogP contribution < -0.4 is 10.5 Å². The third kappa shape index (κ3) is 2.62. The van der Waals surface area contributed by atoms with Crippen LogP contribution >= 0.6 is 0 Å². The first-order valence-corrected chi connectivity index (χ1v) is 6.32. The monoisotopic (exact) mass is 229 g/mol. The lowest BCUT2D eigenvalue weighted by atomic mass is 10.3. The molecule has 0 bridgehead atoms. The highest BCUT2D eigenvalue weighted by Gasteiger charge is 2.16. The molecule has 0 saturated carbocycles. The first-order valence-electron chi connectivity index (χ1n) is 4.67. The van der Waals surface area contributed by atoms with Crippen LogP contribution in [0, 0.1) is 0 Å². The van der Waals surface area contributed by atoms with Gasteiger partial charge in [-0.2, -0.15) is 0 Å². The van der Waals surface area contributed by atoms with Crippen LogP contribution in [0.5, 0.6) is 5.75 Å². The van der Waals surface area contributed by atoms with Gasteiger partial charge in [-0.05, 0) is 18.6 Å². The van der Waals surface area contributed by atoms with Crippen molar-refractivity contribution in [2.75, 3.05) is 18.6 Å². The fourth-order valence-corrected chi connectivity index (χ4v) is 2.77. The number of nitrogen functional groups attached to an aromatic ring is 1. The van der Waals surface area contributed by atoms with E-state index in [4.69, 9.17) is 10.5 Å². The topological polar surface area (TPSA) is 69.4 Å². The molecule has 1 aromatic carbocycles. The summed E-state index contributed by atoms with van der Waals surface area (Å²) in [6, 6.07) is 4.60. The Morgan fingerprint density at radius 2 is 2.07 bits per heavy atom. The van der Waals surface area contributed by atoms with Crippen LogP contribution in [-0.4, -0.2) is 21.3 Å². The summed E-state index contributed by atoms with van der Waals surface area (Å²) in [7, 11) is -1.74. The van der Waals surface area contributed by atoms with Crippen LogP contribution in [0.15, 0.2) is 23.1 Å². The van der Waals surface area contributed by atoms with E-state index in [1.807, 2.05) is 6.92 Å². The predicted molar refractivity (Wildman–Crippen MR) is 59.8 cm³/mol. The molecule has 0 amide bonds. The Morgan fingerprint density at radius 1 is 1.40 bits per heavy atom. The first-order chi connectivity index (χ1) is 7.01. The zero-order valence-corrected chi connectivity index (χ0v) is 9.67. The van der Waals surface area contributed by atoms with Crippen LogP contribution in [0.3, 0.4) is 0 Å². The second-order valence-electron chi connectivity index (χ2n) is 3.22. The maximum Gasteiger partial charge on any atom is 0.180 e. The molecule has 4 nitrogen and oxygen atoms in total. The summed E-state index contributed by atoms with van der Waals surface area (Å²) in [5.74, 6) is 0.673. The van der Waals surface area contributed by atoms with E-state index in [-0.39, 0.29) is 16.3 Å². The van der Waals surface area contributed by atoms with Gasteiger partial charge in [0.25, 0.3) is 0 Å². The Bertz CT molecular complexity index is 440. The fraction of sp³-hybridized carbons (Fsp3) is 0.400. The largest absolute Gasteiger partial charge is 0.497 e. The SMILES string of the molecule is CCCS(=O)(=O)c1ccc(OC)cc1N. The number of methoxy groups -OCH3 is 1. The van der Waals surface area contributed by atoms with Gasteiger partial charge in [0.15, 0.2) is 9.84 Å². The van der Waals surface area contributed by atoms with Crippen molar-refractivity contribution in [1.29, 1.82) is 0 Å². The number of hydrogen-bond donors (Lipinski definition) is 1. The minimum absolute atomic E-state index is 0.115. The minimum Gasteiger partial charge on any atom is -0.497 e. The van der Waals surface area contributed by atoms with Crippen LogP contribution in [0.2, 0.25) is 0 Å². The maximum atomic E-state index is 11.7. The molecule has 1 rings (SSSR count). The van der Waals surface area contributed by atoms with Crippen LogP contribution in [0.1, 0.15) is 13.3 Å². The number of benzene rings is 1. The molecule has 0 atom stereocenters. The molecule has 15 heavy (non-hydrogen) atoms. The Hall–Kier alpha value is -1.23. The van der Waals surface area contributed by atoms with Gasteiger partial charge in [-0.15, -0.1) is 0 Å². The molecule has 2 N–H and O–H groups in total. The quantitative estimate of drug-likeness (QED) is 0.793. The zero-order chi connectivity index (χ0) is 11.5. The molecule has 0 heterocycles. The van der Waals surface area contributed by atoms with Crippen LogP contribution in [-0.2, 0) is 9.84 Å². The van der Waals surface area contributed by atoms with Crippen LogP contribution in [0.4, 0.5) is 5.69 Å². The molecule has 0 aliphatic rings. The molecule has 0 radical (unpaired) electrons. The van der Waals surface area contributed by atoms with Gasteiger partial charge < -0.3 is 10.5 Å². The van der Waals surface area contributed by atoms with E-state index in [1.165, 1.54) is 19.2 Å². The van der Waals surface area contributed by atoms with Gasteiger partial charge in [0.2, 0.25) is 0 Å². The Kier molecular flexibility index (Phi) is 3.57. The standard InChI is InChI=1S/C10H15NO3S/c1-3-6-15(12,13)10-5-4-8(14-2)7-9(10)11/h4-5,7H,3,6,11H2,1-2H3. The fourth-order valence-electron chi connectivity index (χ4n) is 1.32. The van der Waals surface area contributed by atoms with Gasteiger partial charge >= 0.3 is 0 Å². The highest BCUT2D eigenvalue weighted by atomic mass is 32.2. The van der Waals surface area contributed by atoms with E-state index in [0.29, 0.717) is 12.2 Å². The summed E-state index contributed by atoms with van der Waals surface area (Å²) >= 11 is 0. The summed E-state index contributed by atoms with van der Waals surface area (Å²) in [6.45, 7) is 1.82. The Morgan fingerprint density at radius 3 is 2.53 bits per heavy atom. The lowest BCUT2D eigenvalue weighted by Crippen LogP contribution is -2.08. The van der Waals surface area contributed by atoms with Crippen LogP contribution in [0.25, 0.3) is 0 Å². The van der Waals surface area contributed by atoms with Gasteiger partial charge in [0.1, 0.15) is 5.75 Å². The van der Waals surface area contributed by atoms with Crippen molar-refractivity contribution < 1.29 is 13.2 Å². The van der Waals surface area contributed by atoms with Crippen molar-refractivity contribution in [3.05, 3.63) is 18.2 Å². The number of hydrogen-bond acceptors (Lipinski definition) is 4. The van der Waals surface area contributed by atoms with Gasteiger partial charge in [-0.1, -0.05) is 6.92 Å². The highest BCUT2D eigenvalue weighted by molar-refractivity contribution is 7.91. The third-order valence-corrected chi connectivity index (χ3v) is 4.01. The summed E-state index contributed by atoms with van der Waals surface area (Å²) in [5, 5.41) is 0. The molecule has 0 saturated heterocycles. The average Bonchev–Trinajstić information content (AvgIpc) is 2.17. The number of ether oxygens (including phenoxy) is 1. The second kappa shape index (κ2) is 4.53. The summed E-state index contributed by atoms with van der Waals surface area (Å²) in [6.07, 6.45) is 0.577. The van der Waals surface area contributed by atoms with Gasteiger partial charge in [0.05, 0.1) is 23.4 Å². The molecular weight excluding hydrogens is 214 g/mol. The van der Waals surface area contributed by atoms with Crippen molar-refractivity contribution in [2.45, 2.75) is 18.2 Å². The van der Waals surface area contributed by atoms with E-state index < -0.39 is 9.84 Å². The molecule has 0 aliphatic heterocycles. The van der Waals surface area contributed by atoms with E-state index in [0.717, 1.165) is 0 Å². The van der Waals surface area contributed by atoms with E-state index in [1.54, 1.807) is 6.07 Å². The molecular formula is C10H15NO3S. The molecule has 0 aromatic heterocycles. The number of anilines is 1. The maximum absolute atomic E-state index is 11.7. The predicted octanol–water partition coefficient (Wildman–Crippen LogP) is 1.46. The molecule has 0 fully saturated rings. The van der Waals surface area contributed by atoms with E-state index in [9.17, 15) is 8.42 Å². The molecule has 5 heteroatoms. The zero-order valence-electron chi connectivity index (χ0n) is 8.86. The van der Waals surface area contributed by atoms with Gasteiger partial charge in [0, 0.05) is 6.07 Å². The van der Waals surface area contributed by atoms with Gasteiger partial charge in [-0.3, -0.25) is 0 Å². The molecule has 0 aliphatic carbocycles. The normalized spacial score (nSPS) is 11.3. The van der Waals surface area contributed by atoms with E-state index in [2.05, 4.69) is 0 Å².